The van der Waals surface area contributed by atoms with Crippen molar-refractivity contribution in [1.82, 2.24) is 4.72 Å². The lowest BCUT2D eigenvalue weighted by Gasteiger charge is -2.21. The minimum atomic E-state index is -3.05. The molecule has 1 rings (SSSR count). The molecule has 1 saturated heterocycles. The molecule has 1 fully saturated rings. The van der Waals surface area contributed by atoms with Crippen LogP contribution in [0.15, 0.2) is 0 Å². The summed E-state index contributed by atoms with van der Waals surface area (Å²) in [4.78, 5) is 0. The minimum absolute atomic E-state index is 0.249. The van der Waals surface area contributed by atoms with Crippen molar-refractivity contribution in [2.45, 2.75) is 18.1 Å². The van der Waals surface area contributed by atoms with Gasteiger partial charge in [0.1, 0.15) is 0 Å². The second-order valence-electron chi connectivity index (χ2n) is 2.56. The van der Waals surface area contributed by atoms with Gasteiger partial charge in [0, 0.05) is 13.2 Å². The van der Waals surface area contributed by atoms with Crippen LogP contribution in [-0.4, -0.2) is 33.9 Å². The number of rotatable bonds is 2. The second kappa shape index (κ2) is 3.51. The van der Waals surface area contributed by atoms with Crippen LogP contribution in [0.2, 0.25) is 0 Å². The maximum Gasteiger partial charge on any atom is 0.214 e. The molecule has 1 heterocycles. The van der Waals surface area contributed by atoms with Crippen molar-refractivity contribution in [3.63, 3.8) is 0 Å². The zero-order chi connectivity index (χ0) is 8.32. The first-order valence-electron chi connectivity index (χ1n) is 3.67. The van der Waals surface area contributed by atoms with Crippen LogP contribution in [-0.2, 0) is 14.8 Å². The Hall–Kier alpha value is -0.130. The van der Waals surface area contributed by atoms with Gasteiger partial charge in [0.25, 0.3) is 0 Å². The van der Waals surface area contributed by atoms with Gasteiger partial charge in [-0.25, -0.2) is 13.1 Å². The third-order valence-electron chi connectivity index (χ3n) is 1.89. The average molecular weight is 179 g/mol. The molecule has 0 aromatic heterocycles. The van der Waals surface area contributed by atoms with Crippen LogP contribution >= 0.6 is 0 Å². The third kappa shape index (κ3) is 2.15. The predicted octanol–water partition coefficient (Wildman–Crippen LogP) is -0.285. The fraction of sp³-hybridized carbons (Fsp3) is 1.00. The summed E-state index contributed by atoms with van der Waals surface area (Å²) in [7, 11) is -1.60. The van der Waals surface area contributed by atoms with Crippen molar-refractivity contribution in [2.24, 2.45) is 0 Å². The standard InChI is InChI=1S/C6H13NO3S/c1-7-11(8,9)6-2-4-10-5-3-6/h6-7H,2-5H2,1H3. The largest absolute Gasteiger partial charge is 0.381 e. The van der Waals surface area contributed by atoms with Gasteiger partial charge in [-0.2, -0.15) is 0 Å². The van der Waals surface area contributed by atoms with Gasteiger partial charge in [-0.3, -0.25) is 0 Å². The lowest BCUT2D eigenvalue weighted by Crippen LogP contribution is -2.35. The highest BCUT2D eigenvalue weighted by Crippen LogP contribution is 2.13. The molecule has 0 spiro atoms. The van der Waals surface area contributed by atoms with E-state index in [0.717, 1.165) is 0 Å². The van der Waals surface area contributed by atoms with Gasteiger partial charge in [-0.15, -0.1) is 0 Å². The van der Waals surface area contributed by atoms with E-state index >= 15 is 0 Å². The van der Waals surface area contributed by atoms with Crippen LogP contribution in [0.1, 0.15) is 12.8 Å². The zero-order valence-corrected chi connectivity index (χ0v) is 7.36. The molecule has 66 valence electrons. The van der Waals surface area contributed by atoms with Gasteiger partial charge in [0.05, 0.1) is 5.25 Å². The maximum absolute atomic E-state index is 11.2. The van der Waals surface area contributed by atoms with E-state index in [9.17, 15) is 8.42 Å². The smallest absolute Gasteiger partial charge is 0.214 e. The number of hydrogen-bond donors (Lipinski definition) is 1. The van der Waals surface area contributed by atoms with E-state index in [0.29, 0.717) is 26.1 Å². The first kappa shape index (κ1) is 8.96. The van der Waals surface area contributed by atoms with Gasteiger partial charge >= 0.3 is 0 Å². The Kier molecular flexibility index (Phi) is 2.86. The Morgan fingerprint density at radius 3 is 2.36 bits per heavy atom. The van der Waals surface area contributed by atoms with E-state index in [2.05, 4.69) is 4.72 Å². The average Bonchev–Trinajstić information content (AvgIpc) is 2.06. The fourth-order valence-corrected chi connectivity index (χ4v) is 2.30. The molecule has 0 amide bonds. The number of nitrogens with one attached hydrogen (secondary N) is 1. The highest BCUT2D eigenvalue weighted by atomic mass is 32.2. The summed E-state index contributed by atoms with van der Waals surface area (Å²) < 4.78 is 29.8. The van der Waals surface area contributed by atoms with Gasteiger partial charge in [0.2, 0.25) is 10.0 Å². The van der Waals surface area contributed by atoms with Crippen molar-refractivity contribution in [1.29, 1.82) is 0 Å². The normalized spacial score (nSPS) is 21.9. The van der Waals surface area contributed by atoms with E-state index in [1.807, 2.05) is 0 Å². The van der Waals surface area contributed by atoms with Crippen molar-refractivity contribution in [3.05, 3.63) is 0 Å². The predicted molar refractivity (Wildman–Crippen MR) is 41.8 cm³/mol. The van der Waals surface area contributed by atoms with E-state index in [1.54, 1.807) is 0 Å². The highest BCUT2D eigenvalue weighted by Gasteiger charge is 2.25. The third-order valence-corrected chi connectivity index (χ3v) is 3.81. The molecule has 5 heteroatoms. The SMILES string of the molecule is CNS(=O)(=O)C1CCOCC1. The first-order valence-corrected chi connectivity index (χ1v) is 5.21. The van der Waals surface area contributed by atoms with Crippen LogP contribution in [0.25, 0.3) is 0 Å². The Balaban J connectivity index is 2.58. The quantitative estimate of drug-likeness (QED) is 0.634. The monoisotopic (exact) mass is 179 g/mol. The molecule has 0 bridgehead atoms. The molecule has 0 unspecified atom stereocenters. The van der Waals surface area contributed by atoms with Gasteiger partial charge in [-0.1, -0.05) is 0 Å². The molecule has 1 N–H and O–H groups in total. The minimum Gasteiger partial charge on any atom is -0.381 e. The summed E-state index contributed by atoms with van der Waals surface area (Å²) in [6, 6.07) is 0. The number of hydrogen-bond acceptors (Lipinski definition) is 3. The van der Waals surface area contributed by atoms with Gasteiger partial charge in [0.15, 0.2) is 0 Å². The molecule has 0 saturated carbocycles. The topological polar surface area (TPSA) is 55.4 Å². The summed E-state index contributed by atoms with van der Waals surface area (Å²) >= 11 is 0. The Bertz CT molecular complexity index is 206. The van der Waals surface area contributed by atoms with Crippen LogP contribution in [0.3, 0.4) is 0 Å². The molecular weight excluding hydrogens is 166 g/mol. The summed E-state index contributed by atoms with van der Waals surface area (Å²) in [6.45, 7) is 1.12. The Labute approximate surface area is 67.0 Å². The van der Waals surface area contributed by atoms with Crippen molar-refractivity contribution in [3.8, 4) is 0 Å². The van der Waals surface area contributed by atoms with E-state index < -0.39 is 10.0 Å². The van der Waals surface area contributed by atoms with Crippen LogP contribution in [0, 0.1) is 0 Å². The molecule has 0 aromatic carbocycles. The number of sulfonamides is 1. The maximum atomic E-state index is 11.2. The molecule has 0 atom stereocenters. The summed E-state index contributed by atoms with van der Waals surface area (Å²) in [6.07, 6.45) is 1.23. The lowest BCUT2D eigenvalue weighted by atomic mass is 10.2. The highest BCUT2D eigenvalue weighted by molar-refractivity contribution is 7.90. The van der Waals surface area contributed by atoms with E-state index in [4.69, 9.17) is 4.74 Å². The summed E-state index contributed by atoms with van der Waals surface area (Å²) in [5, 5.41) is -0.249. The molecule has 0 aromatic rings. The van der Waals surface area contributed by atoms with Crippen molar-refractivity contribution >= 4 is 10.0 Å². The molecule has 1 aliphatic heterocycles. The fourth-order valence-electron chi connectivity index (χ4n) is 1.15. The summed E-state index contributed by atoms with van der Waals surface area (Å²) in [5.74, 6) is 0. The molecular formula is C6H13NO3S. The van der Waals surface area contributed by atoms with Crippen LogP contribution < -0.4 is 4.72 Å². The second-order valence-corrected chi connectivity index (χ2v) is 4.73. The molecule has 11 heavy (non-hydrogen) atoms. The molecule has 1 aliphatic rings. The zero-order valence-electron chi connectivity index (χ0n) is 6.54. The summed E-state index contributed by atoms with van der Waals surface area (Å²) in [5.41, 5.74) is 0. The lowest BCUT2D eigenvalue weighted by molar-refractivity contribution is 0.0982. The van der Waals surface area contributed by atoms with Crippen molar-refractivity contribution in [2.75, 3.05) is 20.3 Å². The Morgan fingerprint density at radius 2 is 1.91 bits per heavy atom. The molecule has 4 nitrogen and oxygen atoms in total. The van der Waals surface area contributed by atoms with Crippen LogP contribution in [0.4, 0.5) is 0 Å². The first-order chi connectivity index (χ1) is 5.17. The van der Waals surface area contributed by atoms with Crippen molar-refractivity contribution < 1.29 is 13.2 Å². The van der Waals surface area contributed by atoms with Gasteiger partial charge in [-0.05, 0) is 19.9 Å². The molecule has 0 radical (unpaired) electrons. The van der Waals surface area contributed by atoms with E-state index in [1.165, 1.54) is 7.05 Å². The van der Waals surface area contributed by atoms with Crippen LogP contribution in [0.5, 0.6) is 0 Å². The molecule has 0 aliphatic carbocycles. The Morgan fingerprint density at radius 1 is 1.36 bits per heavy atom. The number of ether oxygens (including phenoxy) is 1. The van der Waals surface area contributed by atoms with Gasteiger partial charge < -0.3 is 4.74 Å². The van der Waals surface area contributed by atoms with E-state index in [-0.39, 0.29) is 5.25 Å².